The van der Waals surface area contributed by atoms with Crippen LogP contribution in [0.2, 0.25) is 0 Å². The van der Waals surface area contributed by atoms with Gasteiger partial charge in [0.15, 0.2) is 5.82 Å². The molecule has 2 heterocycles. The number of hydrogen-bond donors (Lipinski definition) is 2. The standard InChI is InChI=1S/C9H11N5O/c10-13-15-7-8-2-3-9(11-6-8)14-5-1-4-12-14/h1-6,13H,7,10H2. The van der Waals surface area contributed by atoms with Crippen LogP contribution in [0.15, 0.2) is 36.8 Å². The largest absolute Gasteiger partial charge is 0.282 e. The SMILES string of the molecule is NNOCc1ccc(-n2cccn2)nc1. The molecule has 0 atom stereocenters. The van der Waals surface area contributed by atoms with Crippen molar-refractivity contribution in [3.05, 3.63) is 42.4 Å². The quantitative estimate of drug-likeness (QED) is 0.549. The van der Waals surface area contributed by atoms with E-state index in [1.54, 1.807) is 17.1 Å². The zero-order valence-corrected chi connectivity index (χ0v) is 8.00. The molecule has 6 nitrogen and oxygen atoms in total. The fourth-order valence-electron chi connectivity index (χ4n) is 1.17. The van der Waals surface area contributed by atoms with Crippen LogP contribution >= 0.6 is 0 Å². The van der Waals surface area contributed by atoms with Crippen molar-refractivity contribution in [1.82, 2.24) is 20.4 Å². The van der Waals surface area contributed by atoms with Crippen LogP contribution in [0.25, 0.3) is 5.82 Å². The lowest BCUT2D eigenvalue weighted by Gasteiger charge is -2.03. The summed E-state index contributed by atoms with van der Waals surface area (Å²) >= 11 is 0. The fraction of sp³-hybridized carbons (Fsp3) is 0.111. The third-order valence-corrected chi connectivity index (χ3v) is 1.87. The van der Waals surface area contributed by atoms with Crippen LogP contribution in [0.1, 0.15) is 5.56 Å². The van der Waals surface area contributed by atoms with E-state index >= 15 is 0 Å². The normalized spacial score (nSPS) is 10.5. The topological polar surface area (TPSA) is 78.0 Å². The van der Waals surface area contributed by atoms with Crippen molar-refractivity contribution >= 4 is 0 Å². The van der Waals surface area contributed by atoms with Gasteiger partial charge in [0.05, 0.1) is 6.61 Å². The molecule has 0 amide bonds. The molecule has 2 aromatic rings. The van der Waals surface area contributed by atoms with Gasteiger partial charge in [0.2, 0.25) is 0 Å². The van der Waals surface area contributed by atoms with Gasteiger partial charge in [-0.05, 0) is 17.7 Å². The number of pyridine rings is 1. The van der Waals surface area contributed by atoms with E-state index in [4.69, 9.17) is 10.7 Å². The number of aromatic nitrogens is 3. The van der Waals surface area contributed by atoms with Gasteiger partial charge in [-0.3, -0.25) is 4.84 Å². The Bertz CT molecular complexity index is 397. The molecule has 2 rings (SSSR count). The molecule has 0 aliphatic rings. The molecule has 0 radical (unpaired) electrons. The Morgan fingerprint density at radius 1 is 1.47 bits per heavy atom. The molecular weight excluding hydrogens is 194 g/mol. The van der Waals surface area contributed by atoms with Gasteiger partial charge < -0.3 is 0 Å². The molecule has 0 saturated heterocycles. The third-order valence-electron chi connectivity index (χ3n) is 1.87. The molecule has 6 heteroatoms. The second kappa shape index (κ2) is 4.65. The molecule has 0 saturated carbocycles. The molecule has 3 N–H and O–H groups in total. The summed E-state index contributed by atoms with van der Waals surface area (Å²) < 4.78 is 1.69. The van der Waals surface area contributed by atoms with Gasteiger partial charge in [-0.1, -0.05) is 6.07 Å². The Labute approximate surface area is 86.6 Å². The highest BCUT2D eigenvalue weighted by Gasteiger charge is 1.98. The van der Waals surface area contributed by atoms with Crippen molar-refractivity contribution in [2.24, 2.45) is 5.84 Å². The van der Waals surface area contributed by atoms with Crippen LogP contribution in [0.5, 0.6) is 0 Å². The number of hydrazine groups is 1. The summed E-state index contributed by atoms with van der Waals surface area (Å²) in [5, 5.41) is 4.07. The van der Waals surface area contributed by atoms with E-state index in [9.17, 15) is 0 Å². The smallest absolute Gasteiger partial charge is 0.153 e. The summed E-state index contributed by atoms with van der Waals surface area (Å²) in [6.45, 7) is 0.378. The first kappa shape index (κ1) is 9.78. The van der Waals surface area contributed by atoms with Gasteiger partial charge in [-0.2, -0.15) is 5.10 Å². The molecule has 2 aromatic heterocycles. The molecule has 78 valence electrons. The molecule has 0 unspecified atom stereocenters. The number of rotatable bonds is 4. The van der Waals surface area contributed by atoms with Crippen LogP contribution in [0.3, 0.4) is 0 Å². The van der Waals surface area contributed by atoms with Gasteiger partial charge in [0, 0.05) is 18.6 Å². The van der Waals surface area contributed by atoms with Crippen LogP contribution in [0, 0.1) is 0 Å². The lowest BCUT2D eigenvalue weighted by atomic mass is 10.3. The highest BCUT2D eigenvalue weighted by atomic mass is 16.7. The van der Waals surface area contributed by atoms with Gasteiger partial charge in [-0.25, -0.2) is 15.5 Å². The predicted octanol–water partition coefficient (Wildman–Crippen LogP) is 0.162. The average Bonchev–Trinajstić information content (AvgIpc) is 2.80. The predicted molar refractivity (Wildman–Crippen MR) is 53.5 cm³/mol. The first-order valence-corrected chi connectivity index (χ1v) is 4.42. The maximum absolute atomic E-state index is 4.98. The van der Waals surface area contributed by atoms with Crippen molar-refractivity contribution in [3.8, 4) is 5.82 Å². The van der Waals surface area contributed by atoms with E-state index in [-0.39, 0.29) is 0 Å². The highest BCUT2D eigenvalue weighted by molar-refractivity contribution is 5.23. The van der Waals surface area contributed by atoms with Crippen LogP contribution in [-0.2, 0) is 11.4 Å². The summed E-state index contributed by atoms with van der Waals surface area (Å²) in [4.78, 5) is 9.04. The van der Waals surface area contributed by atoms with Gasteiger partial charge in [-0.15, -0.1) is 5.59 Å². The minimum atomic E-state index is 0.378. The number of nitrogens with one attached hydrogen (secondary N) is 1. The molecule has 0 fully saturated rings. The van der Waals surface area contributed by atoms with Crippen molar-refractivity contribution in [1.29, 1.82) is 0 Å². The lowest BCUT2D eigenvalue weighted by Crippen LogP contribution is -2.21. The van der Waals surface area contributed by atoms with Gasteiger partial charge in [0.25, 0.3) is 0 Å². The van der Waals surface area contributed by atoms with Crippen molar-refractivity contribution < 1.29 is 4.84 Å². The van der Waals surface area contributed by atoms with Crippen molar-refractivity contribution in [2.45, 2.75) is 6.61 Å². The first-order valence-electron chi connectivity index (χ1n) is 4.42. The number of nitrogens with zero attached hydrogens (tertiary/aromatic N) is 3. The molecule has 0 spiro atoms. The van der Waals surface area contributed by atoms with Crippen LogP contribution in [0.4, 0.5) is 0 Å². The molecule has 15 heavy (non-hydrogen) atoms. The van der Waals surface area contributed by atoms with Crippen LogP contribution < -0.4 is 11.4 Å². The maximum atomic E-state index is 4.98. The van der Waals surface area contributed by atoms with E-state index in [0.717, 1.165) is 11.4 Å². The molecule has 0 bridgehead atoms. The Hall–Kier alpha value is -1.76. The van der Waals surface area contributed by atoms with Gasteiger partial charge >= 0.3 is 0 Å². The van der Waals surface area contributed by atoms with E-state index in [1.165, 1.54) is 0 Å². The lowest BCUT2D eigenvalue weighted by molar-refractivity contribution is 0.0278. The summed E-state index contributed by atoms with van der Waals surface area (Å²) in [6, 6.07) is 5.61. The number of hydrogen-bond acceptors (Lipinski definition) is 5. The number of nitrogens with two attached hydrogens (primary N) is 1. The highest BCUT2D eigenvalue weighted by Crippen LogP contribution is 2.04. The molecule has 0 aromatic carbocycles. The first-order chi connectivity index (χ1) is 7.40. The minimum absolute atomic E-state index is 0.378. The zero-order chi connectivity index (χ0) is 10.5. The zero-order valence-electron chi connectivity index (χ0n) is 8.00. The fourth-order valence-corrected chi connectivity index (χ4v) is 1.17. The Morgan fingerprint density at radius 3 is 3.00 bits per heavy atom. The van der Waals surface area contributed by atoms with E-state index in [1.807, 2.05) is 24.4 Å². The van der Waals surface area contributed by atoms with Crippen molar-refractivity contribution in [2.75, 3.05) is 0 Å². The maximum Gasteiger partial charge on any atom is 0.153 e. The molecule has 0 aliphatic heterocycles. The second-order valence-electron chi connectivity index (χ2n) is 2.88. The summed E-state index contributed by atoms with van der Waals surface area (Å²) in [5.41, 5.74) is 3.05. The Kier molecular flexibility index (Phi) is 3.03. The van der Waals surface area contributed by atoms with Gasteiger partial charge in [0.1, 0.15) is 0 Å². The summed E-state index contributed by atoms with van der Waals surface area (Å²) in [6.07, 6.45) is 5.26. The molecule has 0 aliphatic carbocycles. The average molecular weight is 205 g/mol. The van der Waals surface area contributed by atoms with Crippen molar-refractivity contribution in [3.63, 3.8) is 0 Å². The van der Waals surface area contributed by atoms with E-state index < -0.39 is 0 Å². The molecular formula is C9H11N5O. The third kappa shape index (κ3) is 2.38. The summed E-state index contributed by atoms with van der Waals surface area (Å²) in [5.74, 6) is 5.74. The second-order valence-corrected chi connectivity index (χ2v) is 2.88. The summed E-state index contributed by atoms with van der Waals surface area (Å²) in [7, 11) is 0. The van der Waals surface area contributed by atoms with E-state index in [2.05, 4.69) is 15.7 Å². The van der Waals surface area contributed by atoms with E-state index in [0.29, 0.717) is 6.61 Å². The Balaban J connectivity index is 2.11. The van der Waals surface area contributed by atoms with Crippen LogP contribution in [-0.4, -0.2) is 14.8 Å². The Morgan fingerprint density at radius 2 is 2.40 bits per heavy atom. The minimum Gasteiger partial charge on any atom is -0.282 e. The monoisotopic (exact) mass is 205 g/mol.